The second kappa shape index (κ2) is 8.04. The number of carbonyl (C=O) groups is 1. The van der Waals surface area contributed by atoms with Gasteiger partial charge in [0.25, 0.3) is 0 Å². The lowest BCUT2D eigenvalue weighted by Gasteiger charge is -2.17. The van der Waals surface area contributed by atoms with Gasteiger partial charge in [-0.1, -0.05) is 43.2 Å². The summed E-state index contributed by atoms with van der Waals surface area (Å²) in [5.41, 5.74) is 1.42. The second-order valence-electron chi connectivity index (χ2n) is 7.59. The molecule has 2 aromatic rings. The topological polar surface area (TPSA) is 50.2 Å². The molecule has 1 N–H and O–H groups in total. The van der Waals surface area contributed by atoms with Crippen molar-refractivity contribution in [1.29, 1.82) is 0 Å². The molecule has 26 heavy (non-hydrogen) atoms. The van der Waals surface area contributed by atoms with Crippen molar-refractivity contribution in [2.75, 3.05) is 25.0 Å². The van der Waals surface area contributed by atoms with Crippen molar-refractivity contribution in [3.63, 3.8) is 0 Å². The summed E-state index contributed by atoms with van der Waals surface area (Å²) >= 11 is 0. The predicted octanol–water partition coefficient (Wildman–Crippen LogP) is 3.82. The van der Waals surface area contributed by atoms with E-state index in [4.69, 9.17) is 0 Å². The summed E-state index contributed by atoms with van der Waals surface area (Å²) in [4.78, 5) is 14.8. The fourth-order valence-corrected chi connectivity index (χ4v) is 4.35. The molecule has 1 aliphatic carbocycles. The third-order valence-corrected chi connectivity index (χ3v) is 5.81. The van der Waals surface area contributed by atoms with Crippen LogP contribution in [0.15, 0.2) is 42.6 Å². The van der Waals surface area contributed by atoms with Crippen LogP contribution in [0.5, 0.6) is 0 Å². The minimum atomic E-state index is 0.0907. The van der Waals surface area contributed by atoms with Crippen molar-refractivity contribution < 1.29 is 4.79 Å². The highest BCUT2D eigenvalue weighted by Crippen LogP contribution is 2.31. The quantitative estimate of drug-likeness (QED) is 0.860. The Labute approximate surface area is 155 Å². The average molecular weight is 352 g/mol. The van der Waals surface area contributed by atoms with E-state index in [1.807, 2.05) is 10.7 Å². The number of likely N-dealkylation sites (tertiary alicyclic amines) is 1. The summed E-state index contributed by atoms with van der Waals surface area (Å²) in [6, 6.07) is 13.1. The van der Waals surface area contributed by atoms with E-state index in [1.54, 1.807) is 6.20 Å². The predicted molar refractivity (Wildman–Crippen MR) is 103 cm³/mol. The number of nitrogens with one attached hydrogen (secondary N) is 1. The Balaban J connectivity index is 1.26. The van der Waals surface area contributed by atoms with Gasteiger partial charge < -0.3 is 10.2 Å². The first-order valence-corrected chi connectivity index (χ1v) is 9.90. The fourth-order valence-electron chi connectivity index (χ4n) is 4.35. The number of benzene rings is 1. The largest absolute Gasteiger partial charge is 0.311 e. The Morgan fingerprint density at radius 2 is 1.92 bits per heavy atom. The van der Waals surface area contributed by atoms with E-state index in [0.717, 1.165) is 25.5 Å². The van der Waals surface area contributed by atoms with Crippen LogP contribution >= 0.6 is 0 Å². The third-order valence-electron chi connectivity index (χ3n) is 5.81. The third kappa shape index (κ3) is 3.98. The summed E-state index contributed by atoms with van der Waals surface area (Å²) < 4.78 is 2.01. The van der Waals surface area contributed by atoms with E-state index in [2.05, 4.69) is 45.6 Å². The molecule has 0 spiro atoms. The molecule has 1 aromatic heterocycles. The van der Waals surface area contributed by atoms with E-state index in [1.165, 1.54) is 37.7 Å². The molecule has 0 radical (unpaired) electrons. The van der Waals surface area contributed by atoms with Gasteiger partial charge in [0.2, 0.25) is 5.91 Å². The van der Waals surface area contributed by atoms with Gasteiger partial charge in [-0.05, 0) is 37.3 Å². The molecule has 1 amide bonds. The van der Waals surface area contributed by atoms with Gasteiger partial charge in [0.15, 0.2) is 0 Å². The van der Waals surface area contributed by atoms with E-state index < -0.39 is 0 Å². The van der Waals surface area contributed by atoms with Gasteiger partial charge in [-0.2, -0.15) is 5.10 Å². The van der Waals surface area contributed by atoms with Crippen molar-refractivity contribution in [1.82, 2.24) is 14.7 Å². The van der Waals surface area contributed by atoms with Crippen LogP contribution in [0, 0.1) is 0 Å². The molecule has 1 saturated carbocycles. The molecule has 138 valence electrons. The monoisotopic (exact) mass is 352 g/mol. The highest BCUT2D eigenvalue weighted by molar-refractivity contribution is 5.89. The number of rotatable bonds is 6. The Morgan fingerprint density at radius 3 is 2.73 bits per heavy atom. The molecule has 0 bridgehead atoms. The van der Waals surface area contributed by atoms with Gasteiger partial charge in [-0.25, -0.2) is 4.68 Å². The molecule has 2 fully saturated rings. The smallest absolute Gasteiger partial charge is 0.226 e. The number of hydrogen-bond donors (Lipinski definition) is 1. The van der Waals surface area contributed by atoms with E-state index >= 15 is 0 Å². The lowest BCUT2D eigenvalue weighted by molar-refractivity contribution is -0.116. The molecular formula is C21H28N4O. The highest BCUT2D eigenvalue weighted by atomic mass is 16.1. The second-order valence-corrected chi connectivity index (χ2v) is 7.59. The molecule has 1 atom stereocenters. The van der Waals surface area contributed by atoms with Crippen molar-refractivity contribution in [2.24, 2.45) is 0 Å². The summed E-state index contributed by atoms with van der Waals surface area (Å²) in [6.45, 7) is 2.96. The maximum atomic E-state index is 12.4. The van der Waals surface area contributed by atoms with Crippen LogP contribution in [0.3, 0.4) is 0 Å². The Kier molecular flexibility index (Phi) is 5.34. The summed E-state index contributed by atoms with van der Waals surface area (Å²) in [7, 11) is 0. The van der Waals surface area contributed by atoms with Gasteiger partial charge in [0, 0.05) is 25.6 Å². The zero-order valence-electron chi connectivity index (χ0n) is 15.3. The van der Waals surface area contributed by atoms with Crippen LogP contribution in [-0.2, 0) is 4.79 Å². The first-order chi connectivity index (χ1) is 12.8. The van der Waals surface area contributed by atoms with Crippen molar-refractivity contribution in [3.8, 4) is 0 Å². The Hall–Kier alpha value is -2.14. The molecule has 5 heteroatoms. The average Bonchev–Trinajstić information content (AvgIpc) is 3.42. The lowest BCUT2D eigenvalue weighted by Crippen LogP contribution is -2.26. The standard InChI is InChI=1S/C21H28N4O/c26-21(23-20-10-13-22-25(20)19-8-4-5-9-19)12-15-24-14-11-18(16-24)17-6-2-1-3-7-17/h1-3,6-7,10,13,18-19H,4-5,8-9,11-12,14-16H2,(H,23,26). The highest BCUT2D eigenvalue weighted by Gasteiger charge is 2.24. The normalized spacial score (nSPS) is 21.3. The first kappa shape index (κ1) is 17.3. The molecule has 5 nitrogen and oxygen atoms in total. The number of nitrogens with zero attached hydrogens (tertiary/aromatic N) is 3. The SMILES string of the molecule is O=C(CCN1CCC(c2ccccc2)C1)Nc1ccnn1C1CCCC1. The minimum Gasteiger partial charge on any atom is -0.311 e. The number of aromatic nitrogens is 2. The molecule has 2 heterocycles. The van der Waals surface area contributed by atoms with Gasteiger partial charge >= 0.3 is 0 Å². The summed E-state index contributed by atoms with van der Waals surface area (Å²) in [5.74, 6) is 1.54. The molecule has 1 saturated heterocycles. The Morgan fingerprint density at radius 1 is 1.12 bits per heavy atom. The van der Waals surface area contributed by atoms with Crippen LogP contribution in [-0.4, -0.2) is 40.2 Å². The fraction of sp³-hybridized carbons (Fsp3) is 0.524. The maximum absolute atomic E-state index is 12.4. The van der Waals surface area contributed by atoms with E-state index in [9.17, 15) is 4.79 Å². The lowest BCUT2D eigenvalue weighted by atomic mass is 9.99. The number of amides is 1. The minimum absolute atomic E-state index is 0.0907. The first-order valence-electron chi connectivity index (χ1n) is 9.90. The van der Waals surface area contributed by atoms with Crippen LogP contribution < -0.4 is 5.32 Å². The molecule has 4 rings (SSSR count). The molecule has 1 aromatic carbocycles. The van der Waals surface area contributed by atoms with Gasteiger partial charge in [0.1, 0.15) is 5.82 Å². The van der Waals surface area contributed by atoms with Crippen LogP contribution in [0.2, 0.25) is 0 Å². The van der Waals surface area contributed by atoms with Crippen molar-refractivity contribution in [2.45, 2.75) is 50.5 Å². The number of carbonyl (C=O) groups excluding carboxylic acids is 1. The van der Waals surface area contributed by atoms with E-state index in [0.29, 0.717) is 18.4 Å². The van der Waals surface area contributed by atoms with Gasteiger partial charge in [-0.15, -0.1) is 0 Å². The van der Waals surface area contributed by atoms with Crippen LogP contribution in [0.25, 0.3) is 0 Å². The number of hydrogen-bond acceptors (Lipinski definition) is 3. The van der Waals surface area contributed by atoms with Gasteiger partial charge in [0.05, 0.1) is 12.2 Å². The van der Waals surface area contributed by atoms with Crippen LogP contribution in [0.4, 0.5) is 5.82 Å². The van der Waals surface area contributed by atoms with Crippen LogP contribution in [0.1, 0.15) is 56.0 Å². The van der Waals surface area contributed by atoms with Gasteiger partial charge in [-0.3, -0.25) is 4.79 Å². The number of anilines is 1. The Bertz CT molecular complexity index is 721. The zero-order valence-corrected chi connectivity index (χ0v) is 15.3. The van der Waals surface area contributed by atoms with Crippen molar-refractivity contribution in [3.05, 3.63) is 48.2 Å². The molecular weight excluding hydrogens is 324 g/mol. The summed E-state index contributed by atoms with van der Waals surface area (Å²) in [5, 5.41) is 7.49. The maximum Gasteiger partial charge on any atom is 0.226 e. The summed E-state index contributed by atoms with van der Waals surface area (Å²) in [6.07, 6.45) is 8.36. The molecule has 1 aliphatic heterocycles. The van der Waals surface area contributed by atoms with E-state index in [-0.39, 0.29) is 5.91 Å². The molecule has 2 aliphatic rings. The molecule has 1 unspecified atom stereocenters. The van der Waals surface area contributed by atoms with Crippen molar-refractivity contribution >= 4 is 11.7 Å². The zero-order chi connectivity index (χ0) is 17.8.